The first-order valence-electron chi connectivity index (χ1n) is 7.28. The van der Waals surface area contributed by atoms with Gasteiger partial charge >= 0.3 is 0 Å². The quantitative estimate of drug-likeness (QED) is 0.435. The SMILES string of the molecule is CN=C(NCCN1CCCC(C)C1)NCC(C)C.I. The van der Waals surface area contributed by atoms with Crippen molar-refractivity contribution < 1.29 is 0 Å². The van der Waals surface area contributed by atoms with Gasteiger partial charge in [0.2, 0.25) is 0 Å². The van der Waals surface area contributed by atoms with Gasteiger partial charge in [-0.05, 0) is 31.2 Å². The first-order valence-corrected chi connectivity index (χ1v) is 7.28. The maximum Gasteiger partial charge on any atom is 0.191 e. The van der Waals surface area contributed by atoms with E-state index in [4.69, 9.17) is 0 Å². The lowest BCUT2D eigenvalue weighted by atomic mass is 10.0. The van der Waals surface area contributed by atoms with Crippen LogP contribution >= 0.6 is 24.0 Å². The van der Waals surface area contributed by atoms with E-state index in [1.54, 1.807) is 0 Å². The number of hydrogen-bond acceptors (Lipinski definition) is 2. The Balaban J connectivity index is 0.00000324. The van der Waals surface area contributed by atoms with Crippen LogP contribution in [0.25, 0.3) is 0 Å². The summed E-state index contributed by atoms with van der Waals surface area (Å²) in [5, 5.41) is 6.72. The Kier molecular flexibility index (Phi) is 10.7. The molecule has 0 bridgehead atoms. The molecule has 0 aromatic carbocycles. The molecule has 1 aliphatic heterocycles. The second-order valence-corrected chi connectivity index (χ2v) is 5.82. The summed E-state index contributed by atoms with van der Waals surface area (Å²) < 4.78 is 0. The Morgan fingerprint density at radius 2 is 2.11 bits per heavy atom. The van der Waals surface area contributed by atoms with Gasteiger partial charge < -0.3 is 15.5 Å². The van der Waals surface area contributed by atoms with Gasteiger partial charge in [-0.15, -0.1) is 24.0 Å². The van der Waals surface area contributed by atoms with E-state index in [1.807, 2.05) is 7.05 Å². The van der Waals surface area contributed by atoms with Crippen LogP contribution in [0.15, 0.2) is 4.99 Å². The molecule has 2 N–H and O–H groups in total. The molecule has 1 unspecified atom stereocenters. The van der Waals surface area contributed by atoms with E-state index in [2.05, 4.69) is 41.3 Å². The molecule has 114 valence electrons. The van der Waals surface area contributed by atoms with Gasteiger partial charge in [0.1, 0.15) is 0 Å². The van der Waals surface area contributed by atoms with E-state index in [0.717, 1.165) is 31.5 Å². The van der Waals surface area contributed by atoms with Crippen LogP contribution in [0.1, 0.15) is 33.6 Å². The number of piperidine rings is 1. The number of likely N-dealkylation sites (tertiary alicyclic amines) is 1. The first-order chi connectivity index (χ1) is 8.61. The first kappa shape index (κ1) is 19.0. The minimum atomic E-state index is 0. The lowest BCUT2D eigenvalue weighted by Gasteiger charge is -2.30. The van der Waals surface area contributed by atoms with Gasteiger partial charge in [-0.3, -0.25) is 4.99 Å². The minimum absolute atomic E-state index is 0. The number of hydrogen-bond donors (Lipinski definition) is 2. The molecule has 19 heavy (non-hydrogen) atoms. The minimum Gasteiger partial charge on any atom is -0.356 e. The molecule has 0 amide bonds. The third-order valence-electron chi connectivity index (χ3n) is 3.36. The van der Waals surface area contributed by atoms with Crippen LogP contribution < -0.4 is 10.6 Å². The Morgan fingerprint density at radius 3 is 2.68 bits per heavy atom. The molecule has 0 radical (unpaired) electrons. The van der Waals surface area contributed by atoms with Gasteiger partial charge in [-0.1, -0.05) is 20.8 Å². The van der Waals surface area contributed by atoms with Crippen LogP contribution in [-0.4, -0.2) is 50.6 Å². The topological polar surface area (TPSA) is 39.7 Å². The van der Waals surface area contributed by atoms with Crippen molar-refractivity contribution in [1.82, 2.24) is 15.5 Å². The second-order valence-electron chi connectivity index (χ2n) is 5.82. The Hall–Kier alpha value is -0.0400. The maximum atomic E-state index is 4.23. The number of halogens is 1. The zero-order valence-electron chi connectivity index (χ0n) is 12.9. The molecule has 0 aromatic heterocycles. The lowest BCUT2D eigenvalue weighted by molar-refractivity contribution is 0.187. The average molecular weight is 382 g/mol. The van der Waals surface area contributed by atoms with Gasteiger partial charge in [0.15, 0.2) is 5.96 Å². The highest BCUT2D eigenvalue weighted by molar-refractivity contribution is 14.0. The van der Waals surface area contributed by atoms with E-state index in [9.17, 15) is 0 Å². The van der Waals surface area contributed by atoms with Crippen molar-refractivity contribution in [2.75, 3.05) is 39.8 Å². The highest BCUT2D eigenvalue weighted by atomic mass is 127. The molecule has 0 saturated carbocycles. The molecule has 0 spiro atoms. The van der Waals surface area contributed by atoms with Crippen molar-refractivity contribution in [3.63, 3.8) is 0 Å². The van der Waals surface area contributed by atoms with E-state index in [1.165, 1.54) is 25.9 Å². The lowest BCUT2D eigenvalue weighted by Crippen LogP contribution is -2.44. The molecule has 1 aliphatic rings. The van der Waals surface area contributed by atoms with Crippen molar-refractivity contribution >= 4 is 29.9 Å². The van der Waals surface area contributed by atoms with Gasteiger partial charge in [0.25, 0.3) is 0 Å². The third-order valence-corrected chi connectivity index (χ3v) is 3.36. The fourth-order valence-electron chi connectivity index (χ4n) is 2.34. The predicted octanol–water partition coefficient (Wildman–Crippen LogP) is 2.16. The molecular formula is C14H31IN4. The van der Waals surface area contributed by atoms with E-state index >= 15 is 0 Å². The van der Waals surface area contributed by atoms with Crippen molar-refractivity contribution in [1.29, 1.82) is 0 Å². The Bertz CT molecular complexity index is 256. The fraction of sp³-hybridized carbons (Fsp3) is 0.929. The van der Waals surface area contributed by atoms with Gasteiger partial charge in [-0.25, -0.2) is 0 Å². The largest absolute Gasteiger partial charge is 0.356 e. The van der Waals surface area contributed by atoms with E-state index in [-0.39, 0.29) is 24.0 Å². The molecule has 0 aromatic rings. The highest BCUT2D eigenvalue weighted by Crippen LogP contribution is 2.14. The summed E-state index contributed by atoms with van der Waals surface area (Å²) in [6.45, 7) is 12.3. The van der Waals surface area contributed by atoms with Crippen molar-refractivity contribution in [2.45, 2.75) is 33.6 Å². The van der Waals surface area contributed by atoms with Crippen molar-refractivity contribution in [2.24, 2.45) is 16.8 Å². The molecule has 1 saturated heterocycles. The Morgan fingerprint density at radius 1 is 1.37 bits per heavy atom. The number of nitrogens with zero attached hydrogens (tertiary/aromatic N) is 2. The molecule has 1 heterocycles. The highest BCUT2D eigenvalue weighted by Gasteiger charge is 2.15. The van der Waals surface area contributed by atoms with Crippen molar-refractivity contribution in [3.05, 3.63) is 0 Å². The van der Waals surface area contributed by atoms with E-state index in [0.29, 0.717) is 5.92 Å². The van der Waals surface area contributed by atoms with Gasteiger partial charge in [0.05, 0.1) is 0 Å². The molecule has 5 heteroatoms. The van der Waals surface area contributed by atoms with Crippen LogP contribution in [0.4, 0.5) is 0 Å². The summed E-state index contributed by atoms with van der Waals surface area (Å²) in [5.41, 5.74) is 0. The number of guanidine groups is 1. The van der Waals surface area contributed by atoms with Crippen LogP contribution in [0, 0.1) is 11.8 Å². The van der Waals surface area contributed by atoms with Crippen LogP contribution in [0.3, 0.4) is 0 Å². The van der Waals surface area contributed by atoms with Crippen LogP contribution in [-0.2, 0) is 0 Å². The Labute approximate surface area is 135 Å². The van der Waals surface area contributed by atoms with Gasteiger partial charge in [-0.2, -0.15) is 0 Å². The predicted molar refractivity (Wildman–Crippen MR) is 94.5 cm³/mol. The summed E-state index contributed by atoms with van der Waals surface area (Å²) >= 11 is 0. The fourth-order valence-corrected chi connectivity index (χ4v) is 2.34. The molecule has 1 atom stereocenters. The summed E-state index contributed by atoms with van der Waals surface area (Å²) in [6.07, 6.45) is 2.74. The number of rotatable bonds is 5. The normalized spacial score (nSPS) is 21.1. The zero-order valence-corrected chi connectivity index (χ0v) is 15.2. The summed E-state index contributed by atoms with van der Waals surface area (Å²) in [7, 11) is 1.83. The molecule has 1 rings (SSSR count). The zero-order chi connectivity index (χ0) is 13.4. The summed E-state index contributed by atoms with van der Waals surface area (Å²) in [4.78, 5) is 6.79. The summed E-state index contributed by atoms with van der Waals surface area (Å²) in [5.74, 6) is 2.43. The third kappa shape index (κ3) is 8.68. The maximum absolute atomic E-state index is 4.23. The van der Waals surface area contributed by atoms with Crippen LogP contribution in [0.2, 0.25) is 0 Å². The number of nitrogens with one attached hydrogen (secondary N) is 2. The standard InChI is InChI=1S/C14H30N4.HI/c1-12(2)10-17-14(15-4)16-7-9-18-8-5-6-13(3)11-18;/h12-13H,5-11H2,1-4H3,(H2,15,16,17);1H. The molecular weight excluding hydrogens is 351 g/mol. The summed E-state index contributed by atoms with van der Waals surface area (Å²) in [6, 6.07) is 0. The van der Waals surface area contributed by atoms with Gasteiger partial charge in [0, 0.05) is 33.2 Å². The average Bonchev–Trinajstić information content (AvgIpc) is 2.33. The second kappa shape index (κ2) is 10.7. The van der Waals surface area contributed by atoms with E-state index < -0.39 is 0 Å². The van der Waals surface area contributed by atoms with Crippen molar-refractivity contribution in [3.8, 4) is 0 Å². The molecule has 4 nitrogen and oxygen atoms in total. The van der Waals surface area contributed by atoms with Crippen LogP contribution in [0.5, 0.6) is 0 Å². The number of aliphatic imine (C=N–C) groups is 1. The monoisotopic (exact) mass is 382 g/mol. The molecule has 1 fully saturated rings. The smallest absolute Gasteiger partial charge is 0.191 e. The molecule has 0 aliphatic carbocycles.